The van der Waals surface area contributed by atoms with E-state index < -0.39 is 5.91 Å². The third-order valence-corrected chi connectivity index (χ3v) is 4.85. The lowest BCUT2D eigenvalue weighted by Gasteiger charge is -2.23. The second kappa shape index (κ2) is 6.21. The van der Waals surface area contributed by atoms with Crippen LogP contribution in [0.2, 0.25) is 0 Å². The predicted molar refractivity (Wildman–Crippen MR) is 99.3 cm³/mol. The molecule has 2 aliphatic heterocycles. The summed E-state index contributed by atoms with van der Waals surface area (Å²) in [5.74, 6) is -0.280. The Morgan fingerprint density at radius 1 is 1.30 bits per heavy atom. The summed E-state index contributed by atoms with van der Waals surface area (Å²) in [7, 11) is 3.94. The number of carbonyl (C=O) groups is 1. The molecule has 6 nitrogen and oxygen atoms in total. The Balaban J connectivity index is 1.94. The van der Waals surface area contributed by atoms with Gasteiger partial charge in [0.05, 0.1) is 17.5 Å². The number of aliphatic imine (C=N–C) groups is 1. The van der Waals surface area contributed by atoms with Crippen LogP contribution >= 0.6 is 23.7 Å². The van der Waals surface area contributed by atoms with Crippen molar-refractivity contribution in [1.29, 1.82) is 5.41 Å². The van der Waals surface area contributed by atoms with Gasteiger partial charge in [0.1, 0.15) is 5.84 Å². The standard InChI is InChI=1S/C15H15N5OS2/c1-19(2)10-6-4-9(5-7-10)8-11-12(16)20-14(17-13(11)21)23-18-15(20)22-3/h4-8,16H,1-3H3. The molecule has 0 aromatic heterocycles. The predicted octanol–water partition coefficient (Wildman–Crippen LogP) is 2.69. The molecule has 0 aliphatic carbocycles. The highest BCUT2D eigenvalue weighted by Crippen LogP contribution is 2.31. The number of nitrogens with one attached hydrogen (secondary N) is 1. The van der Waals surface area contributed by atoms with E-state index in [4.69, 9.17) is 5.41 Å². The molecule has 1 aromatic carbocycles. The fraction of sp³-hybridized carbons (Fsp3) is 0.200. The van der Waals surface area contributed by atoms with Gasteiger partial charge in [-0.1, -0.05) is 23.9 Å². The normalized spacial score (nSPS) is 18.9. The number of rotatable bonds is 2. The molecule has 2 aliphatic rings. The Labute approximate surface area is 143 Å². The summed E-state index contributed by atoms with van der Waals surface area (Å²) in [5.41, 5.74) is 2.21. The van der Waals surface area contributed by atoms with Crippen LogP contribution in [0.15, 0.2) is 39.2 Å². The number of hydrogen-bond donors (Lipinski definition) is 1. The van der Waals surface area contributed by atoms with E-state index in [9.17, 15) is 4.79 Å². The molecule has 0 atom stereocenters. The summed E-state index contributed by atoms with van der Waals surface area (Å²) < 4.78 is 4.22. The van der Waals surface area contributed by atoms with E-state index >= 15 is 0 Å². The number of amides is 1. The van der Waals surface area contributed by atoms with E-state index in [0.29, 0.717) is 10.3 Å². The van der Waals surface area contributed by atoms with Crippen LogP contribution in [0.5, 0.6) is 0 Å². The van der Waals surface area contributed by atoms with E-state index in [2.05, 4.69) is 9.39 Å². The SMILES string of the molecule is CSC1=NSC2=NC(=O)C(=Cc3ccc(N(C)C)cc3)C(=N)N12. The maximum absolute atomic E-state index is 12.2. The molecule has 0 unspecified atom stereocenters. The Kier molecular flexibility index (Phi) is 4.27. The number of benzene rings is 1. The van der Waals surface area contributed by atoms with Crippen LogP contribution in [-0.2, 0) is 4.79 Å². The van der Waals surface area contributed by atoms with Gasteiger partial charge in [-0.25, -0.2) is 4.90 Å². The molecule has 0 bridgehead atoms. The molecule has 0 radical (unpaired) electrons. The number of amidine groups is 3. The van der Waals surface area contributed by atoms with Crippen LogP contribution in [0.25, 0.3) is 6.08 Å². The summed E-state index contributed by atoms with van der Waals surface area (Å²) in [4.78, 5) is 19.9. The fourth-order valence-electron chi connectivity index (χ4n) is 2.17. The molecule has 8 heteroatoms. The Morgan fingerprint density at radius 2 is 2.00 bits per heavy atom. The molecule has 1 aromatic rings. The zero-order valence-corrected chi connectivity index (χ0v) is 14.5. The first-order chi connectivity index (χ1) is 11.0. The molecule has 0 fully saturated rings. The average molecular weight is 345 g/mol. The van der Waals surface area contributed by atoms with Gasteiger partial charge >= 0.3 is 0 Å². The van der Waals surface area contributed by atoms with E-state index in [1.807, 2.05) is 49.5 Å². The van der Waals surface area contributed by atoms with Crippen molar-refractivity contribution in [1.82, 2.24) is 4.90 Å². The molecule has 23 heavy (non-hydrogen) atoms. The Morgan fingerprint density at radius 3 is 2.61 bits per heavy atom. The molecule has 3 rings (SSSR count). The Bertz CT molecular complexity index is 765. The highest BCUT2D eigenvalue weighted by Gasteiger charge is 2.36. The zero-order chi connectivity index (χ0) is 16.6. The minimum Gasteiger partial charge on any atom is -0.378 e. The first-order valence-electron chi connectivity index (χ1n) is 6.81. The minimum atomic E-state index is -0.400. The molecule has 118 valence electrons. The van der Waals surface area contributed by atoms with Crippen molar-refractivity contribution in [2.24, 2.45) is 9.39 Å². The number of hydrogen-bond acceptors (Lipinski definition) is 6. The van der Waals surface area contributed by atoms with Gasteiger partial charge in [0, 0.05) is 19.8 Å². The summed E-state index contributed by atoms with van der Waals surface area (Å²) in [6.45, 7) is 0. The van der Waals surface area contributed by atoms with Gasteiger partial charge in [0.2, 0.25) is 5.17 Å². The van der Waals surface area contributed by atoms with Crippen molar-refractivity contribution in [3.8, 4) is 0 Å². The number of thioether (sulfide) groups is 1. The molecular weight excluding hydrogens is 330 g/mol. The van der Waals surface area contributed by atoms with Crippen molar-refractivity contribution in [2.45, 2.75) is 0 Å². The average Bonchev–Trinajstić information content (AvgIpc) is 2.94. The lowest BCUT2D eigenvalue weighted by molar-refractivity contribution is -0.114. The molecule has 1 N–H and O–H groups in total. The van der Waals surface area contributed by atoms with Crippen LogP contribution < -0.4 is 4.90 Å². The zero-order valence-electron chi connectivity index (χ0n) is 12.9. The first-order valence-corrected chi connectivity index (χ1v) is 8.81. The quantitative estimate of drug-likeness (QED) is 0.659. The van der Waals surface area contributed by atoms with Crippen molar-refractivity contribution in [3.63, 3.8) is 0 Å². The third kappa shape index (κ3) is 2.91. The van der Waals surface area contributed by atoms with Gasteiger partial charge in [-0.2, -0.15) is 9.39 Å². The van der Waals surface area contributed by atoms with Crippen LogP contribution in [0.1, 0.15) is 5.56 Å². The van der Waals surface area contributed by atoms with Crippen LogP contribution in [0.3, 0.4) is 0 Å². The van der Waals surface area contributed by atoms with E-state index in [1.165, 1.54) is 11.8 Å². The number of fused-ring (bicyclic) bond motifs is 1. The monoisotopic (exact) mass is 345 g/mol. The van der Waals surface area contributed by atoms with Gasteiger partial charge in [-0.15, -0.1) is 0 Å². The lowest BCUT2D eigenvalue weighted by atomic mass is 10.1. The maximum atomic E-state index is 12.2. The molecule has 0 saturated heterocycles. The summed E-state index contributed by atoms with van der Waals surface area (Å²) in [6.07, 6.45) is 3.58. The summed E-state index contributed by atoms with van der Waals surface area (Å²) >= 11 is 2.55. The second-order valence-corrected chi connectivity index (χ2v) is 6.60. The number of carbonyl (C=O) groups excluding carboxylic acids is 1. The van der Waals surface area contributed by atoms with Gasteiger partial charge in [0.15, 0.2) is 5.17 Å². The molecule has 0 saturated carbocycles. The van der Waals surface area contributed by atoms with Crippen molar-refractivity contribution < 1.29 is 4.79 Å². The number of anilines is 1. The van der Waals surface area contributed by atoms with E-state index in [1.54, 1.807) is 11.0 Å². The summed E-state index contributed by atoms with van der Waals surface area (Å²) in [5, 5.41) is 9.45. The molecule has 1 amide bonds. The number of nitrogens with zero attached hydrogens (tertiary/aromatic N) is 4. The van der Waals surface area contributed by atoms with Crippen molar-refractivity contribution in [3.05, 3.63) is 35.4 Å². The van der Waals surface area contributed by atoms with Crippen molar-refractivity contribution >= 4 is 57.6 Å². The highest BCUT2D eigenvalue weighted by molar-refractivity contribution is 8.18. The maximum Gasteiger partial charge on any atom is 0.283 e. The van der Waals surface area contributed by atoms with Crippen LogP contribution in [-0.4, -0.2) is 47.3 Å². The first kappa shape index (κ1) is 15.8. The largest absolute Gasteiger partial charge is 0.378 e. The summed E-state index contributed by atoms with van der Waals surface area (Å²) in [6, 6.07) is 7.78. The van der Waals surface area contributed by atoms with E-state index in [-0.39, 0.29) is 11.4 Å². The van der Waals surface area contributed by atoms with Crippen LogP contribution in [0, 0.1) is 5.41 Å². The van der Waals surface area contributed by atoms with Gasteiger partial charge < -0.3 is 4.90 Å². The van der Waals surface area contributed by atoms with Gasteiger partial charge in [-0.05, 0) is 30.0 Å². The smallest absolute Gasteiger partial charge is 0.283 e. The second-order valence-electron chi connectivity index (χ2n) is 5.10. The molecule has 0 spiro atoms. The highest BCUT2D eigenvalue weighted by atomic mass is 32.2. The van der Waals surface area contributed by atoms with Crippen molar-refractivity contribution in [2.75, 3.05) is 25.3 Å². The molecule has 2 heterocycles. The van der Waals surface area contributed by atoms with Gasteiger partial charge in [-0.3, -0.25) is 10.2 Å². The third-order valence-electron chi connectivity index (χ3n) is 3.40. The minimum absolute atomic E-state index is 0.120. The van der Waals surface area contributed by atoms with E-state index in [0.717, 1.165) is 23.2 Å². The van der Waals surface area contributed by atoms with Crippen LogP contribution in [0.4, 0.5) is 5.69 Å². The lowest BCUT2D eigenvalue weighted by Crippen LogP contribution is -2.41. The fourth-order valence-corrected chi connectivity index (χ4v) is 3.62. The van der Waals surface area contributed by atoms with Gasteiger partial charge in [0.25, 0.3) is 5.91 Å². The topological polar surface area (TPSA) is 72.1 Å². The Hall–Kier alpha value is -2.06. The molecular formula is C15H15N5OS2.